The van der Waals surface area contributed by atoms with Gasteiger partial charge in [-0.1, -0.05) is 6.07 Å². The summed E-state index contributed by atoms with van der Waals surface area (Å²) in [4.78, 5) is 10.2. The number of rotatable bonds is 2. The molecule has 1 N–H and O–H groups in total. The van der Waals surface area contributed by atoms with Crippen LogP contribution in [0.15, 0.2) is 36.8 Å². The molecule has 29 heavy (non-hydrogen) atoms. The lowest BCUT2D eigenvalue weighted by molar-refractivity contribution is -0.136. The van der Waals surface area contributed by atoms with Crippen LogP contribution >= 0.6 is 12.4 Å². The Morgan fingerprint density at radius 1 is 1.17 bits per heavy atom. The molecule has 0 amide bonds. The normalized spacial score (nSPS) is 20.0. The van der Waals surface area contributed by atoms with E-state index >= 15 is 0 Å². The van der Waals surface area contributed by atoms with Crippen LogP contribution in [0.2, 0.25) is 0 Å². The zero-order valence-corrected chi connectivity index (χ0v) is 16.6. The van der Waals surface area contributed by atoms with Crippen LogP contribution in [0, 0.1) is 5.82 Å². The highest BCUT2D eigenvalue weighted by molar-refractivity contribution is 5.93. The lowest BCUT2D eigenvalue weighted by atomic mass is 10.1. The molecule has 0 spiro atoms. The lowest BCUT2D eigenvalue weighted by Crippen LogP contribution is -2.54. The molecule has 2 atom stereocenters. The van der Waals surface area contributed by atoms with Crippen molar-refractivity contribution in [3.8, 4) is 5.69 Å². The predicted octanol–water partition coefficient (Wildman–Crippen LogP) is 4.19. The molecule has 3 aromatic rings. The smallest absolute Gasteiger partial charge is 0.350 e. The molecule has 1 aliphatic rings. The number of hydrogen-bond acceptors (Lipinski definition) is 4. The van der Waals surface area contributed by atoms with E-state index in [0.29, 0.717) is 13.1 Å². The molecule has 1 aliphatic heterocycles. The van der Waals surface area contributed by atoms with Crippen LogP contribution in [0.5, 0.6) is 0 Å². The molecule has 1 fully saturated rings. The second-order valence-corrected chi connectivity index (χ2v) is 7.10. The van der Waals surface area contributed by atoms with Crippen molar-refractivity contribution in [2.24, 2.45) is 0 Å². The largest absolute Gasteiger partial charge is 0.418 e. The van der Waals surface area contributed by atoms with Crippen LogP contribution in [-0.2, 0) is 6.18 Å². The number of aromatic nitrogens is 3. The van der Waals surface area contributed by atoms with E-state index in [0.717, 1.165) is 6.20 Å². The highest BCUT2D eigenvalue weighted by Crippen LogP contribution is 2.40. The molecule has 4 rings (SSSR count). The van der Waals surface area contributed by atoms with Crippen molar-refractivity contribution in [3.63, 3.8) is 0 Å². The van der Waals surface area contributed by atoms with Gasteiger partial charge in [-0.25, -0.2) is 14.4 Å². The van der Waals surface area contributed by atoms with Gasteiger partial charge >= 0.3 is 6.18 Å². The highest BCUT2D eigenvalue weighted by Gasteiger charge is 2.38. The van der Waals surface area contributed by atoms with Gasteiger partial charge in [0.1, 0.15) is 18.0 Å². The standard InChI is InChI=1S/C19H19F4N5.ClH/c1-11-8-27(12(2)7-24-11)17-16-15(19(21,22)23)9-28(18(16)26-10-25-17)14-5-3-4-13(20)6-14;/h3-6,9-12,24H,7-8H2,1-2H3;1H/t11-,12+;/m1./s1. The third-order valence-corrected chi connectivity index (χ3v) is 4.99. The minimum Gasteiger partial charge on any atom is -0.350 e. The second kappa shape index (κ2) is 7.79. The summed E-state index contributed by atoms with van der Waals surface area (Å²) < 4.78 is 56.6. The number of piperazine rings is 1. The molecular weight excluding hydrogens is 410 g/mol. The van der Waals surface area contributed by atoms with Crippen molar-refractivity contribution in [1.29, 1.82) is 0 Å². The van der Waals surface area contributed by atoms with Crippen molar-refractivity contribution in [3.05, 3.63) is 48.2 Å². The monoisotopic (exact) mass is 429 g/mol. The molecule has 1 saturated heterocycles. The molecule has 0 radical (unpaired) electrons. The Hall–Kier alpha value is -2.39. The number of anilines is 1. The van der Waals surface area contributed by atoms with Crippen molar-refractivity contribution in [2.45, 2.75) is 32.1 Å². The first-order chi connectivity index (χ1) is 13.3. The first-order valence-electron chi connectivity index (χ1n) is 8.95. The summed E-state index contributed by atoms with van der Waals surface area (Å²) in [6.45, 7) is 5.07. The van der Waals surface area contributed by atoms with Crippen LogP contribution in [0.4, 0.5) is 23.4 Å². The van der Waals surface area contributed by atoms with Gasteiger partial charge in [-0.15, -0.1) is 12.4 Å². The topological polar surface area (TPSA) is 46.0 Å². The van der Waals surface area contributed by atoms with Gasteiger partial charge in [-0.05, 0) is 32.0 Å². The maximum absolute atomic E-state index is 13.9. The summed E-state index contributed by atoms with van der Waals surface area (Å²) in [5.74, 6) is -0.292. The Labute approximate surface area is 171 Å². The summed E-state index contributed by atoms with van der Waals surface area (Å²) in [5, 5.41) is 3.24. The number of alkyl halides is 3. The van der Waals surface area contributed by atoms with Crippen LogP contribution in [0.1, 0.15) is 19.4 Å². The van der Waals surface area contributed by atoms with Gasteiger partial charge in [0.15, 0.2) is 5.65 Å². The molecule has 5 nitrogen and oxygen atoms in total. The van der Waals surface area contributed by atoms with Crippen molar-refractivity contribution in [2.75, 3.05) is 18.0 Å². The minimum atomic E-state index is -4.60. The van der Waals surface area contributed by atoms with Crippen molar-refractivity contribution >= 4 is 29.3 Å². The predicted molar refractivity (Wildman–Crippen MR) is 105 cm³/mol. The Kier molecular flexibility index (Phi) is 5.73. The van der Waals surface area contributed by atoms with Gasteiger partial charge in [-0.2, -0.15) is 13.2 Å². The number of halogens is 5. The summed E-state index contributed by atoms with van der Waals surface area (Å²) in [7, 11) is 0. The summed E-state index contributed by atoms with van der Waals surface area (Å²) in [6, 6.07) is 5.49. The molecule has 2 aromatic heterocycles. The van der Waals surface area contributed by atoms with Gasteiger partial charge in [-0.3, -0.25) is 0 Å². The van der Waals surface area contributed by atoms with E-state index in [2.05, 4.69) is 15.3 Å². The van der Waals surface area contributed by atoms with E-state index in [1.165, 1.54) is 29.1 Å². The first kappa shape index (κ1) is 21.3. The Morgan fingerprint density at radius 3 is 2.62 bits per heavy atom. The first-order valence-corrected chi connectivity index (χ1v) is 8.95. The maximum atomic E-state index is 13.9. The highest BCUT2D eigenvalue weighted by atomic mass is 35.5. The number of benzene rings is 1. The summed E-state index contributed by atoms with van der Waals surface area (Å²) in [5.41, 5.74) is -0.464. The molecule has 3 heterocycles. The summed E-state index contributed by atoms with van der Waals surface area (Å²) in [6.07, 6.45) is -2.37. The molecule has 0 saturated carbocycles. The third kappa shape index (κ3) is 3.89. The van der Waals surface area contributed by atoms with E-state index in [4.69, 9.17) is 0 Å². The van der Waals surface area contributed by atoms with E-state index in [-0.39, 0.29) is 47.0 Å². The van der Waals surface area contributed by atoms with Gasteiger partial charge in [0.2, 0.25) is 0 Å². The van der Waals surface area contributed by atoms with Gasteiger partial charge in [0, 0.05) is 37.1 Å². The quantitative estimate of drug-likeness (QED) is 0.621. The average molecular weight is 430 g/mol. The minimum absolute atomic E-state index is 0. The fourth-order valence-electron chi connectivity index (χ4n) is 3.62. The van der Waals surface area contributed by atoms with Crippen molar-refractivity contribution in [1.82, 2.24) is 19.9 Å². The zero-order chi connectivity index (χ0) is 20.1. The van der Waals surface area contributed by atoms with Crippen LogP contribution < -0.4 is 10.2 Å². The molecular formula is C19H20ClF4N5. The van der Waals surface area contributed by atoms with Gasteiger partial charge < -0.3 is 14.8 Å². The Bertz CT molecular complexity index is 1020. The fourth-order valence-corrected chi connectivity index (χ4v) is 3.62. The van der Waals surface area contributed by atoms with Gasteiger partial charge in [0.25, 0.3) is 0 Å². The SMILES string of the molecule is C[C@@H]1CN(c2ncnc3c2c(C(F)(F)F)cn3-c2cccc(F)c2)[C@@H](C)CN1.Cl. The number of nitrogens with zero attached hydrogens (tertiary/aromatic N) is 4. The average Bonchev–Trinajstić information content (AvgIpc) is 3.04. The molecule has 0 aliphatic carbocycles. The van der Waals surface area contributed by atoms with Gasteiger partial charge in [0.05, 0.1) is 10.9 Å². The van der Waals surface area contributed by atoms with Crippen LogP contribution in [0.25, 0.3) is 16.7 Å². The maximum Gasteiger partial charge on any atom is 0.418 e. The molecule has 156 valence electrons. The van der Waals surface area contributed by atoms with E-state index < -0.39 is 17.6 Å². The van der Waals surface area contributed by atoms with Crippen LogP contribution in [0.3, 0.4) is 0 Å². The molecule has 10 heteroatoms. The lowest BCUT2D eigenvalue weighted by Gasteiger charge is -2.38. The number of fused-ring (bicyclic) bond motifs is 1. The number of nitrogens with one attached hydrogen (secondary N) is 1. The third-order valence-electron chi connectivity index (χ3n) is 4.99. The molecule has 0 bridgehead atoms. The second-order valence-electron chi connectivity index (χ2n) is 7.10. The number of hydrogen-bond donors (Lipinski definition) is 1. The van der Waals surface area contributed by atoms with E-state index in [1.54, 1.807) is 6.07 Å². The van der Waals surface area contributed by atoms with E-state index in [9.17, 15) is 17.6 Å². The van der Waals surface area contributed by atoms with Crippen LogP contribution in [-0.4, -0.2) is 39.7 Å². The summed E-state index contributed by atoms with van der Waals surface area (Å²) >= 11 is 0. The molecule has 0 unspecified atom stereocenters. The fraction of sp³-hybridized carbons (Fsp3) is 0.368. The van der Waals surface area contributed by atoms with E-state index in [1.807, 2.05) is 18.7 Å². The Balaban J connectivity index is 0.00000240. The molecule has 1 aromatic carbocycles. The Morgan fingerprint density at radius 2 is 1.93 bits per heavy atom. The van der Waals surface area contributed by atoms with Crippen molar-refractivity contribution < 1.29 is 17.6 Å². The zero-order valence-electron chi connectivity index (χ0n) is 15.7.